The highest BCUT2D eigenvalue weighted by molar-refractivity contribution is 5.29. The zero-order valence-electron chi connectivity index (χ0n) is 7.71. The molecule has 1 nitrogen and oxygen atoms in total. The van der Waals surface area contributed by atoms with Crippen LogP contribution >= 0.6 is 0 Å². The maximum Gasteiger partial charge on any atom is 0.118 e. The first-order valence-electron chi connectivity index (χ1n) is 4.25. The van der Waals surface area contributed by atoms with E-state index in [1.54, 1.807) is 7.11 Å². The van der Waals surface area contributed by atoms with Crippen LogP contribution in [-0.4, -0.2) is 7.11 Å². The first-order chi connectivity index (χ1) is 5.77. The molecule has 0 aliphatic carbocycles. The summed E-state index contributed by atoms with van der Waals surface area (Å²) in [6.45, 7) is 6.18. The number of benzene rings is 1. The van der Waals surface area contributed by atoms with Gasteiger partial charge in [-0.05, 0) is 37.0 Å². The second-order valence-electron chi connectivity index (χ2n) is 2.88. The average molecular weight is 163 g/mol. The molecule has 0 saturated heterocycles. The van der Waals surface area contributed by atoms with E-state index in [0.29, 0.717) is 5.92 Å². The minimum atomic E-state index is 0.399. The molecule has 0 aliphatic heterocycles. The molecule has 0 amide bonds. The highest BCUT2D eigenvalue weighted by Crippen LogP contribution is 2.20. The van der Waals surface area contributed by atoms with Gasteiger partial charge < -0.3 is 4.74 Å². The Morgan fingerprint density at radius 3 is 2.33 bits per heavy atom. The van der Waals surface area contributed by atoms with Crippen molar-refractivity contribution >= 4 is 0 Å². The van der Waals surface area contributed by atoms with Gasteiger partial charge in [0.2, 0.25) is 0 Å². The Balaban J connectivity index is 2.77. The number of hydrogen-bond donors (Lipinski definition) is 0. The van der Waals surface area contributed by atoms with Crippen LogP contribution in [0.4, 0.5) is 0 Å². The lowest BCUT2D eigenvalue weighted by Crippen LogP contribution is -1.91. The molecular formula is C11H15O. The molecule has 0 spiro atoms. The lowest BCUT2D eigenvalue weighted by atomic mass is 9.99. The number of methoxy groups -OCH3 is 1. The number of rotatable bonds is 3. The van der Waals surface area contributed by atoms with Crippen molar-refractivity contribution in [3.63, 3.8) is 0 Å². The summed E-state index contributed by atoms with van der Waals surface area (Å²) >= 11 is 0. The molecule has 65 valence electrons. The van der Waals surface area contributed by atoms with Gasteiger partial charge in [0.1, 0.15) is 5.75 Å². The lowest BCUT2D eigenvalue weighted by molar-refractivity contribution is 0.414. The Hall–Kier alpha value is -0.980. The summed E-state index contributed by atoms with van der Waals surface area (Å²) in [7, 11) is 1.68. The van der Waals surface area contributed by atoms with Crippen molar-refractivity contribution in [2.75, 3.05) is 7.11 Å². The summed E-state index contributed by atoms with van der Waals surface area (Å²) in [4.78, 5) is 0. The molecule has 0 fully saturated rings. The molecule has 0 aromatic heterocycles. The van der Waals surface area contributed by atoms with E-state index in [0.717, 1.165) is 12.2 Å². The normalized spacial score (nSPS) is 12.6. The summed E-state index contributed by atoms with van der Waals surface area (Å²) < 4.78 is 5.06. The highest BCUT2D eigenvalue weighted by Gasteiger charge is 2.01. The van der Waals surface area contributed by atoms with Gasteiger partial charge in [-0.25, -0.2) is 0 Å². The zero-order valence-corrected chi connectivity index (χ0v) is 7.71. The molecule has 1 atom stereocenters. The van der Waals surface area contributed by atoms with Crippen LogP contribution < -0.4 is 4.74 Å². The number of ether oxygens (including phenoxy) is 1. The fourth-order valence-electron chi connectivity index (χ4n) is 1.11. The van der Waals surface area contributed by atoms with Crippen LogP contribution in [0.15, 0.2) is 24.3 Å². The van der Waals surface area contributed by atoms with E-state index in [4.69, 9.17) is 4.74 Å². The molecule has 1 radical (unpaired) electrons. The minimum Gasteiger partial charge on any atom is -0.497 e. The second-order valence-corrected chi connectivity index (χ2v) is 2.88. The Morgan fingerprint density at radius 1 is 1.33 bits per heavy atom. The summed E-state index contributed by atoms with van der Waals surface area (Å²) in [5.74, 6) is 1.30. The Labute approximate surface area is 74.4 Å². The maximum atomic E-state index is 5.06. The van der Waals surface area contributed by atoms with E-state index in [-0.39, 0.29) is 0 Å². The van der Waals surface area contributed by atoms with Gasteiger partial charge >= 0.3 is 0 Å². The van der Waals surface area contributed by atoms with Gasteiger partial charge in [-0.2, -0.15) is 0 Å². The van der Waals surface area contributed by atoms with Crippen molar-refractivity contribution in [3.05, 3.63) is 36.8 Å². The smallest absolute Gasteiger partial charge is 0.118 e. The van der Waals surface area contributed by atoms with E-state index in [2.05, 4.69) is 26.0 Å². The van der Waals surface area contributed by atoms with E-state index in [1.165, 1.54) is 5.56 Å². The van der Waals surface area contributed by atoms with Crippen LogP contribution in [0.5, 0.6) is 5.75 Å². The lowest BCUT2D eigenvalue weighted by Gasteiger charge is -2.08. The molecule has 12 heavy (non-hydrogen) atoms. The first kappa shape index (κ1) is 9.11. The molecule has 0 N–H and O–H groups in total. The van der Waals surface area contributed by atoms with Gasteiger partial charge in [-0.3, -0.25) is 0 Å². The molecule has 1 aromatic rings. The monoisotopic (exact) mass is 163 g/mol. The third-order valence-corrected chi connectivity index (χ3v) is 2.08. The Kier molecular flexibility index (Phi) is 3.15. The SMILES string of the molecule is [CH2]C(CC)c1ccc(OC)cc1. The molecular weight excluding hydrogens is 148 g/mol. The van der Waals surface area contributed by atoms with Crippen LogP contribution in [0.3, 0.4) is 0 Å². The van der Waals surface area contributed by atoms with Crippen LogP contribution in [0, 0.1) is 6.92 Å². The molecule has 1 unspecified atom stereocenters. The minimum absolute atomic E-state index is 0.399. The van der Waals surface area contributed by atoms with Crippen molar-refractivity contribution in [1.29, 1.82) is 0 Å². The summed E-state index contributed by atoms with van der Waals surface area (Å²) in [6.07, 6.45) is 1.08. The predicted molar refractivity (Wildman–Crippen MR) is 51.4 cm³/mol. The molecule has 1 heteroatoms. The largest absolute Gasteiger partial charge is 0.497 e. The maximum absolute atomic E-state index is 5.06. The van der Waals surface area contributed by atoms with Crippen molar-refractivity contribution < 1.29 is 4.74 Å². The van der Waals surface area contributed by atoms with Gasteiger partial charge in [0.05, 0.1) is 7.11 Å². The predicted octanol–water partition coefficient (Wildman–Crippen LogP) is 3.02. The molecule has 0 saturated carbocycles. The van der Waals surface area contributed by atoms with Gasteiger partial charge in [0, 0.05) is 0 Å². The van der Waals surface area contributed by atoms with Crippen molar-refractivity contribution in [1.82, 2.24) is 0 Å². The standard InChI is InChI=1S/C11H15O/c1-4-9(2)10-5-7-11(12-3)8-6-10/h5-9H,2,4H2,1,3H3. The van der Waals surface area contributed by atoms with E-state index in [9.17, 15) is 0 Å². The van der Waals surface area contributed by atoms with Gasteiger partial charge in [-0.1, -0.05) is 19.1 Å². The van der Waals surface area contributed by atoms with Gasteiger partial charge in [-0.15, -0.1) is 0 Å². The Morgan fingerprint density at radius 2 is 1.92 bits per heavy atom. The summed E-state index contributed by atoms with van der Waals surface area (Å²) in [6, 6.07) is 8.09. The highest BCUT2D eigenvalue weighted by atomic mass is 16.5. The van der Waals surface area contributed by atoms with Crippen molar-refractivity contribution in [2.24, 2.45) is 0 Å². The van der Waals surface area contributed by atoms with Crippen LogP contribution in [0.2, 0.25) is 0 Å². The fourth-order valence-corrected chi connectivity index (χ4v) is 1.11. The van der Waals surface area contributed by atoms with Gasteiger partial charge in [0.15, 0.2) is 0 Å². The average Bonchev–Trinajstić information content (AvgIpc) is 2.17. The molecule has 0 aliphatic rings. The molecule has 0 heterocycles. The van der Waals surface area contributed by atoms with Crippen LogP contribution in [0.25, 0.3) is 0 Å². The first-order valence-corrected chi connectivity index (χ1v) is 4.25. The van der Waals surface area contributed by atoms with Crippen LogP contribution in [-0.2, 0) is 0 Å². The summed E-state index contributed by atoms with van der Waals surface area (Å²) in [5.41, 5.74) is 1.28. The molecule has 1 rings (SSSR count). The van der Waals surface area contributed by atoms with E-state index >= 15 is 0 Å². The number of hydrogen-bond acceptors (Lipinski definition) is 1. The van der Waals surface area contributed by atoms with Gasteiger partial charge in [0.25, 0.3) is 0 Å². The molecule has 0 bridgehead atoms. The van der Waals surface area contributed by atoms with Crippen molar-refractivity contribution in [3.8, 4) is 5.75 Å². The Bertz CT molecular complexity index is 225. The zero-order chi connectivity index (χ0) is 8.97. The fraction of sp³-hybridized carbons (Fsp3) is 0.364. The summed E-state index contributed by atoms with van der Waals surface area (Å²) in [5, 5.41) is 0. The van der Waals surface area contributed by atoms with E-state index in [1.807, 2.05) is 12.1 Å². The third kappa shape index (κ3) is 2.00. The topological polar surface area (TPSA) is 9.23 Å². The quantitative estimate of drug-likeness (QED) is 0.665. The van der Waals surface area contributed by atoms with Crippen LogP contribution in [0.1, 0.15) is 24.8 Å². The molecule has 1 aromatic carbocycles. The third-order valence-electron chi connectivity index (χ3n) is 2.08. The van der Waals surface area contributed by atoms with Crippen molar-refractivity contribution in [2.45, 2.75) is 19.3 Å². The second kappa shape index (κ2) is 4.15. The van der Waals surface area contributed by atoms with E-state index < -0.39 is 0 Å².